The molecule has 0 saturated carbocycles. The second-order valence-electron chi connectivity index (χ2n) is 5.66. The Bertz CT molecular complexity index is 539. The van der Waals surface area contributed by atoms with Crippen LogP contribution in [-0.2, 0) is 9.53 Å². The van der Waals surface area contributed by atoms with Crippen LogP contribution in [0.1, 0.15) is 12.5 Å². The first-order chi connectivity index (χ1) is 11.0. The van der Waals surface area contributed by atoms with Gasteiger partial charge in [-0.05, 0) is 30.7 Å². The van der Waals surface area contributed by atoms with Crippen LogP contribution in [0, 0.1) is 5.82 Å². The van der Waals surface area contributed by atoms with Gasteiger partial charge in [-0.15, -0.1) is 0 Å². The number of rotatable bonds is 6. The maximum Gasteiger partial charge on any atom is 0.247 e. The number of nitrogens with zero attached hydrogens (tertiary/aromatic N) is 1. The fraction of sp³-hybridized carbons (Fsp3) is 0.471. The van der Waals surface area contributed by atoms with Gasteiger partial charge in [0.15, 0.2) is 0 Å². The molecule has 0 bridgehead atoms. The van der Waals surface area contributed by atoms with E-state index in [1.165, 1.54) is 12.1 Å². The van der Waals surface area contributed by atoms with Crippen molar-refractivity contribution in [1.82, 2.24) is 10.2 Å². The van der Waals surface area contributed by atoms with Crippen molar-refractivity contribution in [2.75, 3.05) is 39.4 Å². The Labute approximate surface area is 135 Å². The molecule has 0 aromatic heterocycles. The van der Waals surface area contributed by atoms with Crippen molar-refractivity contribution in [1.29, 1.82) is 0 Å². The maximum absolute atomic E-state index is 12.8. The molecule has 1 atom stereocenters. The molecule has 1 aromatic rings. The lowest BCUT2D eigenvalue weighted by atomic mass is 10.1. The lowest BCUT2D eigenvalue weighted by Crippen LogP contribution is -2.44. The van der Waals surface area contributed by atoms with E-state index < -0.39 is 6.10 Å². The highest BCUT2D eigenvalue weighted by molar-refractivity contribution is 5.97. The molecule has 1 heterocycles. The van der Waals surface area contributed by atoms with Crippen molar-refractivity contribution in [2.45, 2.75) is 13.0 Å². The molecule has 5 nitrogen and oxygen atoms in total. The highest BCUT2D eigenvalue weighted by Crippen LogP contribution is 2.08. The van der Waals surface area contributed by atoms with Crippen molar-refractivity contribution in [2.24, 2.45) is 0 Å². The average Bonchev–Trinajstić information content (AvgIpc) is 2.55. The van der Waals surface area contributed by atoms with Gasteiger partial charge in [0.05, 0.1) is 19.3 Å². The molecule has 2 rings (SSSR count). The van der Waals surface area contributed by atoms with E-state index in [2.05, 4.69) is 10.2 Å². The lowest BCUT2D eigenvalue weighted by Gasteiger charge is -2.28. The Kier molecular flexibility index (Phi) is 6.70. The number of ether oxygens (including phenoxy) is 1. The average molecular weight is 322 g/mol. The highest BCUT2D eigenvalue weighted by atomic mass is 19.1. The van der Waals surface area contributed by atoms with Gasteiger partial charge in [-0.25, -0.2) is 4.39 Å². The van der Waals surface area contributed by atoms with Crippen LogP contribution in [0.3, 0.4) is 0 Å². The molecule has 6 heteroatoms. The smallest absolute Gasteiger partial charge is 0.247 e. The Hall–Kier alpha value is -1.76. The zero-order valence-corrected chi connectivity index (χ0v) is 13.3. The Morgan fingerprint density at radius 3 is 2.70 bits per heavy atom. The zero-order valence-electron chi connectivity index (χ0n) is 13.3. The number of amides is 1. The van der Waals surface area contributed by atoms with Crippen LogP contribution in [0.25, 0.3) is 6.08 Å². The van der Waals surface area contributed by atoms with Crippen molar-refractivity contribution in [3.05, 3.63) is 41.2 Å². The molecule has 1 aliphatic heterocycles. The van der Waals surface area contributed by atoms with Crippen LogP contribution in [0.2, 0.25) is 0 Å². The van der Waals surface area contributed by atoms with Gasteiger partial charge < -0.3 is 15.2 Å². The minimum absolute atomic E-state index is 0.199. The van der Waals surface area contributed by atoms with Crippen LogP contribution in [0.5, 0.6) is 0 Å². The van der Waals surface area contributed by atoms with E-state index in [9.17, 15) is 14.3 Å². The molecule has 1 aliphatic rings. The third-order valence-electron chi connectivity index (χ3n) is 3.68. The Morgan fingerprint density at radius 2 is 2.04 bits per heavy atom. The van der Waals surface area contributed by atoms with E-state index >= 15 is 0 Å². The van der Waals surface area contributed by atoms with Gasteiger partial charge >= 0.3 is 0 Å². The molecule has 126 valence electrons. The second kappa shape index (κ2) is 8.76. The van der Waals surface area contributed by atoms with Crippen LogP contribution in [0.4, 0.5) is 4.39 Å². The van der Waals surface area contributed by atoms with E-state index in [0.717, 1.165) is 18.7 Å². The monoisotopic (exact) mass is 322 g/mol. The summed E-state index contributed by atoms with van der Waals surface area (Å²) in [5.74, 6) is -0.550. The van der Waals surface area contributed by atoms with Gasteiger partial charge in [0.25, 0.3) is 0 Å². The largest absolute Gasteiger partial charge is 0.390 e. The summed E-state index contributed by atoms with van der Waals surface area (Å²) in [5.41, 5.74) is 1.27. The van der Waals surface area contributed by atoms with Crippen molar-refractivity contribution in [3.63, 3.8) is 0 Å². The molecule has 1 amide bonds. The topological polar surface area (TPSA) is 61.8 Å². The SMILES string of the molecule is C/C(=C/c1ccc(F)cc1)C(=O)NCC(O)CN1CCOCC1. The summed E-state index contributed by atoms with van der Waals surface area (Å²) < 4.78 is 18.1. The number of halogens is 1. The number of morpholine rings is 1. The number of hydrogen-bond donors (Lipinski definition) is 2. The van der Waals surface area contributed by atoms with Gasteiger partial charge in [-0.1, -0.05) is 12.1 Å². The highest BCUT2D eigenvalue weighted by Gasteiger charge is 2.15. The summed E-state index contributed by atoms with van der Waals surface area (Å²) in [6, 6.07) is 5.92. The number of carbonyl (C=O) groups is 1. The number of benzene rings is 1. The van der Waals surface area contributed by atoms with Gasteiger partial charge in [0.1, 0.15) is 5.82 Å². The second-order valence-corrected chi connectivity index (χ2v) is 5.66. The molecule has 0 radical (unpaired) electrons. The van der Waals surface area contributed by atoms with E-state index in [1.807, 2.05) is 0 Å². The standard InChI is InChI=1S/C17H23FN2O3/c1-13(10-14-2-4-15(18)5-3-14)17(22)19-11-16(21)12-20-6-8-23-9-7-20/h2-5,10,16,21H,6-9,11-12H2,1H3,(H,19,22)/b13-10-. The maximum atomic E-state index is 12.8. The molecule has 0 aliphatic carbocycles. The van der Waals surface area contributed by atoms with E-state index in [0.29, 0.717) is 25.3 Å². The first-order valence-corrected chi connectivity index (χ1v) is 7.75. The number of carbonyl (C=O) groups excluding carboxylic acids is 1. The van der Waals surface area contributed by atoms with Crippen molar-refractivity contribution in [3.8, 4) is 0 Å². The quantitative estimate of drug-likeness (QED) is 0.768. The van der Waals surface area contributed by atoms with E-state index in [1.54, 1.807) is 25.1 Å². The van der Waals surface area contributed by atoms with Crippen LogP contribution in [-0.4, -0.2) is 61.4 Å². The third-order valence-corrected chi connectivity index (χ3v) is 3.68. The summed E-state index contributed by atoms with van der Waals surface area (Å²) in [7, 11) is 0. The van der Waals surface area contributed by atoms with Gasteiger partial charge in [0, 0.05) is 31.8 Å². The Balaban J connectivity index is 1.77. The van der Waals surface area contributed by atoms with E-state index in [-0.39, 0.29) is 18.3 Å². The lowest BCUT2D eigenvalue weighted by molar-refractivity contribution is -0.117. The number of β-amino-alcohol motifs (C(OH)–C–C–N with tert-alkyl or cyclic N) is 1. The van der Waals surface area contributed by atoms with Gasteiger partial charge in [-0.2, -0.15) is 0 Å². The molecule has 1 unspecified atom stereocenters. The first kappa shape index (κ1) is 17.6. The number of aliphatic hydroxyl groups excluding tert-OH is 1. The Morgan fingerprint density at radius 1 is 1.39 bits per heavy atom. The normalized spacial score (nSPS) is 17.8. The fourth-order valence-corrected chi connectivity index (χ4v) is 2.37. The zero-order chi connectivity index (χ0) is 16.7. The third kappa shape index (κ3) is 6.09. The van der Waals surface area contributed by atoms with Gasteiger partial charge in [-0.3, -0.25) is 9.69 Å². The summed E-state index contributed by atoms with van der Waals surface area (Å²) in [5, 5.41) is 12.7. The first-order valence-electron chi connectivity index (χ1n) is 7.75. The number of nitrogens with one attached hydrogen (secondary N) is 1. The molecular weight excluding hydrogens is 299 g/mol. The molecule has 0 spiro atoms. The molecule has 2 N–H and O–H groups in total. The minimum atomic E-state index is -0.615. The molecule has 1 aromatic carbocycles. The van der Waals surface area contributed by atoms with Crippen LogP contribution >= 0.6 is 0 Å². The fourth-order valence-electron chi connectivity index (χ4n) is 2.37. The summed E-state index contributed by atoms with van der Waals surface area (Å²) in [4.78, 5) is 14.1. The molecule has 1 saturated heterocycles. The van der Waals surface area contributed by atoms with Crippen molar-refractivity contribution < 1.29 is 19.0 Å². The molecule has 23 heavy (non-hydrogen) atoms. The predicted molar refractivity (Wildman–Crippen MR) is 86.3 cm³/mol. The van der Waals surface area contributed by atoms with Crippen LogP contribution in [0.15, 0.2) is 29.8 Å². The van der Waals surface area contributed by atoms with Gasteiger partial charge in [0.2, 0.25) is 5.91 Å². The minimum Gasteiger partial charge on any atom is -0.390 e. The molecular formula is C17H23FN2O3. The summed E-state index contributed by atoms with van der Waals surface area (Å²) in [6.07, 6.45) is 1.07. The molecule has 1 fully saturated rings. The number of hydrogen-bond acceptors (Lipinski definition) is 4. The van der Waals surface area contributed by atoms with Crippen molar-refractivity contribution >= 4 is 12.0 Å². The van der Waals surface area contributed by atoms with Crippen LogP contribution < -0.4 is 5.32 Å². The van der Waals surface area contributed by atoms with E-state index in [4.69, 9.17) is 4.74 Å². The predicted octanol–water partition coefficient (Wildman–Crippen LogP) is 1.04. The summed E-state index contributed by atoms with van der Waals surface area (Å²) >= 11 is 0. The summed E-state index contributed by atoms with van der Waals surface area (Å²) in [6.45, 7) is 5.36. The number of aliphatic hydroxyl groups is 1.